The van der Waals surface area contributed by atoms with Crippen LogP contribution in [0.4, 0.5) is 0 Å². The second-order valence-electron chi connectivity index (χ2n) is 4.70. The fraction of sp³-hybridized carbons (Fsp3) is 0.125. The molecule has 20 heavy (non-hydrogen) atoms. The van der Waals surface area contributed by atoms with E-state index < -0.39 is 0 Å². The van der Waals surface area contributed by atoms with E-state index in [0.29, 0.717) is 0 Å². The number of aliphatic hydroxyl groups is 1. The Bertz CT molecular complexity index is 720. The number of nitrogens with zero attached hydrogens (tertiary/aromatic N) is 3. The Morgan fingerprint density at radius 1 is 1.10 bits per heavy atom. The Kier molecular flexibility index (Phi) is 3.31. The van der Waals surface area contributed by atoms with Gasteiger partial charge in [-0.25, -0.2) is 4.68 Å². The average Bonchev–Trinajstić information content (AvgIpc) is 2.98. The van der Waals surface area contributed by atoms with Crippen molar-refractivity contribution in [1.82, 2.24) is 15.0 Å². The van der Waals surface area contributed by atoms with Crippen LogP contribution in [0, 0.1) is 6.92 Å². The topological polar surface area (TPSA) is 50.9 Å². The molecule has 0 amide bonds. The molecule has 0 aliphatic carbocycles. The first-order chi connectivity index (χ1) is 9.78. The molecule has 1 N–H and O–H groups in total. The third-order valence-corrected chi connectivity index (χ3v) is 3.22. The second-order valence-corrected chi connectivity index (χ2v) is 4.70. The van der Waals surface area contributed by atoms with E-state index in [4.69, 9.17) is 0 Å². The van der Waals surface area contributed by atoms with Crippen LogP contribution in [0.5, 0.6) is 0 Å². The van der Waals surface area contributed by atoms with Gasteiger partial charge in [-0.2, -0.15) is 0 Å². The predicted molar refractivity (Wildman–Crippen MR) is 77.5 cm³/mol. The normalized spacial score (nSPS) is 10.7. The van der Waals surface area contributed by atoms with E-state index in [-0.39, 0.29) is 6.61 Å². The van der Waals surface area contributed by atoms with E-state index in [9.17, 15) is 5.11 Å². The molecule has 100 valence electrons. The Morgan fingerprint density at radius 3 is 2.65 bits per heavy atom. The Labute approximate surface area is 117 Å². The van der Waals surface area contributed by atoms with Gasteiger partial charge in [0, 0.05) is 11.1 Å². The van der Waals surface area contributed by atoms with Crippen molar-refractivity contribution >= 4 is 0 Å². The summed E-state index contributed by atoms with van der Waals surface area (Å²) in [6, 6.07) is 15.8. The lowest BCUT2D eigenvalue weighted by Gasteiger charge is -2.07. The van der Waals surface area contributed by atoms with Gasteiger partial charge in [-0.15, -0.1) is 5.10 Å². The summed E-state index contributed by atoms with van der Waals surface area (Å²) in [6.07, 6.45) is 1.88. The molecule has 0 fully saturated rings. The van der Waals surface area contributed by atoms with Gasteiger partial charge in [0.25, 0.3) is 0 Å². The number of hydrogen-bond donors (Lipinski definition) is 1. The summed E-state index contributed by atoms with van der Waals surface area (Å²) in [4.78, 5) is 0. The molecule has 1 heterocycles. The molecule has 0 atom stereocenters. The van der Waals surface area contributed by atoms with Crippen LogP contribution in [0.15, 0.2) is 54.7 Å². The third-order valence-electron chi connectivity index (χ3n) is 3.22. The van der Waals surface area contributed by atoms with Crippen molar-refractivity contribution in [3.8, 4) is 16.9 Å². The Hall–Kier alpha value is -2.46. The number of aryl methyl sites for hydroxylation is 1. The van der Waals surface area contributed by atoms with Crippen LogP contribution >= 0.6 is 0 Å². The van der Waals surface area contributed by atoms with Crippen molar-refractivity contribution in [2.24, 2.45) is 0 Å². The van der Waals surface area contributed by atoms with Gasteiger partial charge < -0.3 is 5.11 Å². The lowest BCUT2D eigenvalue weighted by Crippen LogP contribution is -2.01. The molecule has 0 bridgehead atoms. The maximum atomic E-state index is 9.43. The average molecular weight is 265 g/mol. The first-order valence-corrected chi connectivity index (χ1v) is 6.46. The number of aromatic nitrogens is 3. The van der Waals surface area contributed by atoms with Crippen molar-refractivity contribution in [3.63, 3.8) is 0 Å². The maximum absolute atomic E-state index is 9.43. The van der Waals surface area contributed by atoms with Crippen LogP contribution < -0.4 is 0 Å². The molecule has 3 rings (SSSR count). The lowest BCUT2D eigenvalue weighted by atomic mass is 10.1. The van der Waals surface area contributed by atoms with Crippen LogP contribution in [-0.2, 0) is 6.61 Å². The quantitative estimate of drug-likeness (QED) is 0.792. The van der Waals surface area contributed by atoms with Gasteiger partial charge in [-0.3, -0.25) is 0 Å². The van der Waals surface area contributed by atoms with Crippen LogP contribution in [0.2, 0.25) is 0 Å². The smallest absolute Gasteiger partial charge is 0.113 e. The van der Waals surface area contributed by atoms with Gasteiger partial charge in [0.05, 0.1) is 18.5 Å². The fourth-order valence-corrected chi connectivity index (χ4v) is 2.14. The summed E-state index contributed by atoms with van der Waals surface area (Å²) >= 11 is 0. The van der Waals surface area contributed by atoms with Crippen molar-refractivity contribution in [1.29, 1.82) is 0 Å². The molecule has 0 spiro atoms. The summed E-state index contributed by atoms with van der Waals surface area (Å²) in [5.41, 5.74) is 4.66. The van der Waals surface area contributed by atoms with Crippen LogP contribution in [0.25, 0.3) is 16.9 Å². The molecule has 0 saturated heterocycles. The third kappa shape index (κ3) is 2.33. The maximum Gasteiger partial charge on any atom is 0.113 e. The minimum atomic E-state index is -0.0177. The summed E-state index contributed by atoms with van der Waals surface area (Å²) in [5, 5.41) is 17.8. The second kappa shape index (κ2) is 5.27. The van der Waals surface area contributed by atoms with Crippen molar-refractivity contribution in [2.75, 3.05) is 0 Å². The molecule has 4 nitrogen and oxygen atoms in total. The first-order valence-electron chi connectivity index (χ1n) is 6.46. The summed E-state index contributed by atoms with van der Waals surface area (Å²) in [5.74, 6) is 0. The molecule has 0 aliphatic rings. The minimum Gasteiger partial charge on any atom is -0.392 e. The number of aliphatic hydroxyl groups excluding tert-OH is 1. The molecule has 3 aromatic rings. The van der Waals surface area contributed by atoms with E-state index in [2.05, 4.69) is 10.3 Å². The minimum absolute atomic E-state index is 0.0177. The highest BCUT2D eigenvalue weighted by Gasteiger charge is 2.08. The predicted octanol–water partition coefficient (Wildman–Crippen LogP) is 2.74. The molecular formula is C16H15N3O. The molecule has 0 radical (unpaired) electrons. The zero-order chi connectivity index (χ0) is 13.9. The zero-order valence-electron chi connectivity index (χ0n) is 11.2. The fourth-order valence-electron chi connectivity index (χ4n) is 2.14. The van der Waals surface area contributed by atoms with Crippen LogP contribution in [0.3, 0.4) is 0 Å². The molecule has 4 heteroatoms. The van der Waals surface area contributed by atoms with E-state index in [1.54, 1.807) is 4.68 Å². The number of benzene rings is 2. The molecule has 2 aromatic carbocycles. The van der Waals surface area contributed by atoms with Gasteiger partial charge in [-0.05, 0) is 18.6 Å². The summed E-state index contributed by atoms with van der Waals surface area (Å²) in [7, 11) is 0. The van der Waals surface area contributed by atoms with E-state index in [1.807, 2.05) is 61.7 Å². The highest BCUT2D eigenvalue weighted by atomic mass is 16.3. The van der Waals surface area contributed by atoms with E-state index in [1.165, 1.54) is 0 Å². The SMILES string of the molecule is Cc1ccc(CO)c(-n2cc(-c3ccccc3)nn2)c1. The van der Waals surface area contributed by atoms with Gasteiger partial charge in [0.15, 0.2) is 0 Å². The highest BCUT2D eigenvalue weighted by Crippen LogP contribution is 2.20. The Balaban J connectivity index is 2.04. The van der Waals surface area contributed by atoms with Crippen molar-refractivity contribution < 1.29 is 5.11 Å². The molecule has 0 unspecified atom stereocenters. The van der Waals surface area contributed by atoms with Crippen LogP contribution in [-0.4, -0.2) is 20.1 Å². The standard InChI is InChI=1S/C16H15N3O/c1-12-7-8-14(11-20)16(9-12)19-10-15(17-18-19)13-5-3-2-4-6-13/h2-10,20H,11H2,1H3. The highest BCUT2D eigenvalue weighted by molar-refractivity contribution is 5.58. The van der Waals surface area contributed by atoms with Crippen molar-refractivity contribution in [2.45, 2.75) is 13.5 Å². The van der Waals surface area contributed by atoms with Gasteiger partial charge in [-0.1, -0.05) is 47.7 Å². The van der Waals surface area contributed by atoms with Gasteiger partial charge in [0.2, 0.25) is 0 Å². The molecular weight excluding hydrogens is 250 g/mol. The molecule has 1 aromatic heterocycles. The largest absolute Gasteiger partial charge is 0.392 e. The van der Waals surface area contributed by atoms with E-state index in [0.717, 1.165) is 28.1 Å². The zero-order valence-corrected chi connectivity index (χ0v) is 11.2. The van der Waals surface area contributed by atoms with Gasteiger partial charge >= 0.3 is 0 Å². The first kappa shape index (κ1) is 12.6. The Morgan fingerprint density at radius 2 is 1.90 bits per heavy atom. The monoisotopic (exact) mass is 265 g/mol. The van der Waals surface area contributed by atoms with Gasteiger partial charge in [0.1, 0.15) is 5.69 Å². The van der Waals surface area contributed by atoms with Crippen LogP contribution in [0.1, 0.15) is 11.1 Å². The molecule has 0 aliphatic heterocycles. The summed E-state index contributed by atoms with van der Waals surface area (Å²) < 4.78 is 1.71. The summed E-state index contributed by atoms with van der Waals surface area (Å²) in [6.45, 7) is 2.00. The van der Waals surface area contributed by atoms with Crippen molar-refractivity contribution in [3.05, 3.63) is 65.9 Å². The number of hydrogen-bond acceptors (Lipinski definition) is 3. The molecule has 0 saturated carbocycles. The van der Waals surface area contributed by atoms with E-state index >= 15 is 0 Å². The number of rotatable bonds is 3. The lowest BCUT2D eigenvalue weighted by molar-refractivity contribution is 0.281.